The highest BCUT2D eigenvalue weighted by Crippen LogP contribution is 2.33. The van der Waals surface area contributed by atoms with Crippen molar-refractivity contribution in [3.8, 4) is 0 Å². The SMILES string of the molecule is CCOC(=O)C(C)(C)CCCCC(=O)OC1(C)CCCC1. The minimum atomic E-state index is -0.475. The van der Waals surface area contributed by atoms with Crippen molar-refractivity contribution in [2.75, 3.05) is 6.61 Å². The van der Waals surface area contributed by atoms with E-state index in [0.29, 0.717) is 13.0 Å². The van der Waals surface area contributed by atoms with Gasteiger partial charge in [0.25, 0.3) is 0 Å². The van der Waals surface area contributed by atoms with E-state index in [0.717, 1.165) is 44.9 Å². The van der Waals surface area contributed by atoms with Gasteiger partial charge >= 0.3 is 11.9 Å². The summed E-state index contributed by atoms with van der Waals surface area (Å²) in [5.41, 5.74) is -0.710. The minimum Gasteiger partial charge on any atom is -0.466 e. The first-order chi connectivity index (χ1) is 9.79. The van der Waals surface area contributed by atoms with Gasteiger partial charge in [0.05, 0.1) is 12.0 Å². The maximum Gasteiger partial charge on any atom is 0.311 e. The van der Waals surface area contributed by atoms with Crippen LogP contribution in [0.2, 0.25) is 0 Å². The Hall–Kier alpha value is -1.06. The second-order valence-corrected chi connectivity index (χ2v) is 6.94. The lowest BCUT2D eigenvalue weighted by molar-refractivity contribution is -0.157. The molecule has 0 spiro atoms. The number of unbranched alkanes of at least 4 members (excludes halogenated alkanes) is 1. The highest BCUT2D eigenvalue weighted by Gasteiger charge is 2.32. The highest BCUT2D eigenvalue weighted by atomic mass is 16.6. The third-order valence-corrected chi connectivity index (χ3v) is 4.28. The van der Waals surface area contributed by atoms with Crippen LogP contribution in [-0.4, -0.2) is 24.1 Å². The molecule has 0 aromatic heterocycles. The fourth-order valence-electron chi connectivity index (χ4n) is 2.82. The van der Waals surface area contributed by atoms with Gasteiger partial charge in [0, 0.05) is 6.42 Å². The first-order valence-electron chi connectivity index (χ1n) is 8.18. The van der Waals surface area contributed by atoms with E-state index >= 15 is 0 Å². The van der Waals surface area contributed by atoms with Crippen molar-refractivity contribution in [1.82, 2.24) is 0 Å². The van der Waals surface area contributed by atoms with Gasteiger partial charge in [-0.15, -0.1) is 0 Å². The van der Waals surface area contributed by atoms with E-state index in [-0.39, 0.29) is 17.5 Å². The summed E-state index contributed by atoms with van der Waals surface area (Å²) in [5.74, 6) is -0.264. The van der Waals surface area contributed by atoms with Crippen LogP contribution in [0.1, 0.15) is 79.1 Å². The molecule has 0 aliphatic heterocycles. The van der Waals surface area contributed by atoms with E-state index in [2.05, 4.69) is 0 Å². The van der Waals surface area contributed by atoms with Crippen molar-refractivity contribution in [3.63, 3.8) is 0 Å². The minimum absolute atomic E-state index is 0.103. The Kier molecular flexibility index (Phi) is 6.69. The summed E-state index contributed by atoms with van der Waals surface area (Å²) >= 11 is 0. The van der Waals surface area contributed by atoms with Crippen molar-refractivity contribution in [3.05, 3.63) is 0 Å². The van der Waals surface area contributed by atoms with Crippen LogP contribution >= 0.6 is 0 Å². The average Bonchev–Trinajstić information content (AvgIpc) is 2.81. The molecule has 1 saturated carbocycles. The first kappa shape index (κ1) is 18.0. The van der Waals surface area contributed by atoms with Crippen molar-refractivity contribution in [2.24, 2.45) is 5.41 Å². The van der Waals surface area contributed by atoms with Gasteiger partial charge < -0.3 is 9.47 Å². The summed E-state index contributed by atoms with van der Waals surface area (Å²) in [6.07, 6.45) is 7.03. The average molecular weight is 298 g/mol. The fraction of sp³-hybridized carbons (Fsp3) is 0.882. The third-order valence-electron chi connectivity index (χ3n) is 4.28. The Bertz CT molecular complexity index is 354. The van der Waals surface area contributed by atoms with E-state index in [9.17, 15) is 9.59 Å². The zero-order valence-corrected chi connectivity index (χ0v) is 14.0. The van der Waals surface area contributed by atoms with Crippen molar-refractivity contribution in [2.45, 2.75) is 84.7 Å². The van der Waals surface area contributed by atoms with Gasteiger partial charge in [-0.05, 0) is 66.2 Å². The van der Waals surface area contributed by atoms with Crippen LogP contribution in [0.3, 0.4) is 0 Å². The van der Waals surface area contributed by atoms with Crippen LogP contribution < -0.4 is 0 Å². The van der Waals surface area contributed by atoms with Crippen molar-refractivity contribution in [1.29, 1.82) is 0 Å². The molecule has 0 radical (unpaired) electrons. The highest BCUT2D eigenvalue weighted by molar-refractivity contribution is 5.75. The molecule has 0 N–H and O–H groups in total. The quantitative estimate of drug-likeness (QED) is 0.502. The molecule has 0 aromatic rings. The summed E-state index contributed by atoms with van der Waals surface area (Å²) in [6, 6.07) is 0. The molecule has 122 valence electrons. The number of carbonyl (C=O) groups excluding carboxylic acids is 2. The smallest absolute Gasteiger partial charge is 0.311 e. The van der Waals surface area contributed by atoms with Gasteiger partial charge in [-0.25, -0.2) is 0 Å². The van der Waals surface area contributed by atoms with Crippen LogP contribution in [0.25, 0.3) is 0 Å². The molecule has 0 atom stereocenters. The van der Waals surface area contributed by atoms with Crippen LogP contribution in [0.5, 0.6) is 0 Å². The topological polar surface area (TPSA) is 52.6 Å². The molecule has 1 fully saturated rings. The van der Waals surface area contributed by atoms with Gasteiger partial charge in [0.1, 0.15) is 5.60 Å². The van der Waals surface area contributed by atoms with Crippen LogP contribution in [-0.2, 0) is 19.1 Å². The largest absolute Gasteiger partial charge is 0.466 e. The summed E-state index contributed by atoms with van der Waals surface area (Å²) in [7, 11) is 0. The predicted molar refractivity (Wildman–Crippen MR) is 81.8 cm³/mol. The normalized spacial score (nSPS) is 17.5. The Morgan fingerprint density at radius 2 is 1.76 bits per heavy atom. The Morgan fingerprint density at radius 1 is 1.14 bits per heavy atom. The second kappa shape index (κ2) is 7.81. The maximum absolute atomic E-state index is 11.9. The third kappa shape index (κ3) is 6.06. The zero-order chi connectivity index (χ0) is 15.9. The number of carbonyl (C=O) groups is 2. The van der Waals surface area contributed by atoms with E-state index in [1.54, 1.807) is 0 Å². The lowest BCUT2D eigenvalue weighted by atomic mass is 9.87. The summed E-state index contributed by atoms with van der Waals surface area (Å²) in [6.45, 7) is 8.04. The summed E-state index contributed by atoms with van der Waals surface area (Å²) < 4.78 is 10.6. The van der Waals surface area contributed by atoms with Crippen molar-refractivity contribution >= 4 is 11.9 Å². The molecule has 0 aromatic carbocycles. The molecular weight excluding hydrogens is 268 g/mol. The Morgan fingerprint density at radius 3 is 2.33 bits per heavy atom. The number of hydrogen-bond acceptors (Lipinski definition) is 4. The molecule has 4 heteroatoms. The van der Waals surface area contributed by atoms with E-state index in [1.807, 2.05) is 27.7 Å². The number of hydrogen-bond donors (Lipinski definition) is 0. The summed E-state index contributed by atoms with van der Waals surface area (Å²) in [4.78, 5) is 23.6. The van der Waals surface area contributed by atoms with E-state index in [1.165, 1.54) is 0 Å². The second-order valence-electron chi connectivity index (χ2n) is 6.94. The molecular formula is C17H30O4. The summed E-state index contributed by atoms with van der Waals surface area (Å²) in [5, 5.41) is 0. The molecule has 1 rings (SSSR count). The van der Waals surface area contributed by atoms with Gasteiger partial charge in [-0.1, -0.05) is 6.42 Å². The fourth-order valence-corrected chi connectivity index (χ4v) is 2.82. The van der Waals surface area contributed by atoms with E-state index in [4.69, 9.17) is 9.47 Å². The van der Waals surface area contributed by atoms with Gasteiger partial charge in [-0.2, -0.15) is 0 Å². The maximum atomic E-state index is 11.9. The number of esters is 2. The lowest BCUT2D eigenvalue weighted by Crippen LogP contribution is -2.28. The lowest BCUT2D eigenvalue weighted by Gasteiger charge is -2.24. The molecule has 4 nitrogen and oxygen atoms in total. The molecule has 0 unspecified atom stereocenters. The molecule has 0 bridgehead atoms. The van der Waals surface area contributed by atoms with Crippen LogP contribution in [0.15, 0.2) is 0 Å². The standard InChI is InChI=1S/C17H30O4/c1-5-20-15(19)16(2,3)11-7-6-10-14(18)21-17(4)12-8-9-13-17/h5-13H2,1-4H3. The van der Waals surface area contributed by atoms with Gasteiger partial charge in [0.15, 0.2) is 0 Å². The molecule has 0 amide bonds. The van der Waals surface area contributed by atoms with Crippen LogP contribution in [0.4, 0.5) is 0 Å². The molecule has 1 aliphatic rings. The van der Waals surface area contributed by atoms with Gasteiger partial charge in [-0.3, -0.25) is 9.59 Å². The van der Waals surface area contributed by atoms with Gasteiger partial charge in [0.2, 0.25) is 0 Å². The molecule has 1 aliphatic carbocycles. The molecule has 0 heterocycles. The number of rotatable bonds is 8. The molecule has 21 heavy (non-hydrogen) atoms. The first-order valence-corrected chi connectivity index (χ1v) is 8.18. The monoisotopic (exact) mass is 298 g/mol. The Balaban J connectivity index is 2.21. The molecule has 0 saturated heterocycles. The zero-order valence-electron chi connectivity index (χ0n) is 14.0. The van der Waals surface area contributed by atoms with Crippen LogP contribution in [0, 0.1) is 5.41 Å². The predicted octanol–water partition coefficient (Wildman–Crippen LogP) is 4.01. The van der Waals surface area contributed by atoms with Crippen molar-refractivity contribution < 1.29 is 19.1 Å². The number of ether oxygens (including phenoxy) is 2. The van der Waals surface area contributed by atoms with E-state index < -0.39 is 5.41 Å². The Labute approximate surface area is 128 Å².